The second-order valence-corrected chi connectivity index (χ2v) is 4.98. The Hall–Kier alpha value is -1.43. The van der Waals surface area contributed by atoms with Gasteiger partial charge in [0.15, 0.2) is 5.82 Å². The first-order valence-corrected chi connectivity index (χ1v) is 6.78. The smallest absolute Gasteiger partial charge is 0.244 e. The normalized spacial score (nSPS) is 21.1. The van der Waals surface area contributed by atoms with Gasteiger partial charge in [0.25, 0.3) is 0 Å². The Morgan fingerprint density at radius 3 is 2.72 bits per heavy atom. The van der Waals surface area contributed by atoms with Crippen LogP contribution in [0.3, 0.4) is 0 Å². The molecule has 0 radical (unpaired) electrons. The largest absolute Gasteiger partial charge is 0.353 e. The first kappa shape index (κ1) is 11.6. The number of hydrogen-bond acceptors (Lipinski definition) is 6. The lowest BCUT2D eigenvalue weighted by atomic mass is 10.3. The van der Waals surface area contributed by atoms with E-state index in [2.05, 4.69) is 37.2 Å². The predicted octanol–water partition coefficient (Wildman–Crippen LogP) is 0.588. The highest BCUT2D eigenvalue weighted by Gasteiger charge is 2.23. The topological polar surface area (TPSA) is 57.2 Å². The molecule has 98 valence electrons. The van der Waals surface area contributed by atoms with Gasteiger partial charge in [0, 0.05) is 32.2 Å². The van der Waals surface area contributed by atoms with E-state index in [-0.39, 0.29) is 0 Å². The molecule has 1 saturated heterocycles. The van der Waals surface area contributed by atoms with E-state index in [9.17, 15) is 0 Å². The maximum Gasteiger partial charge on any atom is 0.244 e. The van der Waals surface area contributed by atoms with Crippen LogP contribution in [0.1, 0.15) is 19.8 Å². The maximum absolute atomic E-state index is 4.55. The van der Waals surface area contributed by atoms with Crippen LogP contribution in [0.2, 0.25) is 0 Å². The lowest BCUT2D eigenvalue weighted by molar-refractivity contribution is 0.270. The van der Waals surface area contributed by atoms with Gasteiger partial charge < -0.3 is 15.1 Å². The van der Waals surface area contributed by atoms with E-state index >= 15 is 0 Å². The Morgan fingerprint density at radius 2 is 2.06 bits per heavy atom. The molecule has 1 aromatic heterocycles. The van der Waals surface area contributed by atoms with Crippen LogP contribution in [-0.2, 0) is 0 Å². The minimum Gasteiger partial charge on any atom is -0.353 e. The fourth-order valence-electron chi connectivity index (χ4n) is 2.21. The van der Waals surface area contributed by atoms with E-state index in [1.807, 2.05) is 0 Å². The molecule has 0 atom stereocenters. The number of nitrogens with one attached hydrogen (secondary N) is 1. The minimum absolute atomic E-state index is 0.569. The van der Waals surface area contributed by atoms with Gasteiger partial charge in [0.05, 0.1) is 6.20 Å². The molecular formula is C12H20N6. The first-order valence-electron chi connectivity index (χ1n) is 6.78. The summed E-state index contributed by atoms with van der Waals surface area (Å²) in [6.45, 7) is 7.59. The van der Waals surface area contributed by atoms with Gasteiger partial charge in [0.2, 0.25) is 5.95 Å². The molecule has 1 N–H and O–H groups in total. The maximum atomic E-state index is 4.55. The monoisotopic (exact) mass is 248 g/mol. The molecule has 6 nitrogen and oxygen atoms in total. The van der Waals surface area contributed by atoms with Crippen molar-refractivity contribution in [2.75, 3.05) is 42.9 Å². The Morgan fingerprint density at radius 1 is 1.28 bits per heavy atom. The lowest BCUT2D eigenvalue weighted by Crippen LogP contribution is -2.46. The Kier molecular flexibility index (Phi) is 3.27. The number of anilines is 2. The third-order valence-electron chi connectivity index (χ3n) is 3.60. The van der Waals surface area contributed by atoms with Crippen molar-refractivity contribution in [1.82, 2.24) is 20.1 Å². The lowest BCUT2D eigenvalue weighted by Gasteiger charge is -2.34. The molecular weight excluding hydrogens is 228 g/mol. The fraction of sp³-hybridized carbons (Fsp3) is 0.750. The fourth-order valence-corrected chi connectivity index (χ4v) is 2.21. The molecule has 0 bridgehead atoms. The number of aromatic nitrogens is 3. The molecule has 0 amide bonds. The first-order chi connectivity index (χ1) is 8.85. The SMILES string of the molecule is CCN1CCN(c2cnnc(NC3CC3)n2)CC1. The number of likely N-dealkylation sites (N-methyl/N-ethyl adjacent to an activating group) is 1. The number of piperazine rings is 1. The summed E-state index contributed by atoms with van der Waals surface area (Å²) >= 11 is 0. The second-order valence-electron chi connectivity index (χ2n) is 4.98. The number of rotatable bonds is 4. The van der Waals surface area contributed by atoms with E-state index in [1.54, 1.807) is 6.20 Å². The standard InChI is InChI=1S/C12H20N6/c1-2-17-5-7-18(8-6-17)11-9-13-16-12(15-11)14-10-3-4-10/h9-10H,2-8H2,1H3,(H,14,15,16). The zero-order valence-corrected chi connectivity index (χ0v) is 10.8. The van der Waals surface area contributed by atoms with Gasteiger partial charge in [-0.2, -0.15) is 10.1 Å². The average Bonchev–Trinajstić information content (AvgIpc) is 3.23. The third-order valence-corrected chi connectivity index (χ3v) is 3.60. The Labute approximate surface area is 107 Å². The van der Waals surface area contributed by atoms with Crippen LogP contribution >= 0.6 is 0 Å². The summed E-state index contributed by atoms with van der Waals surface area (Å²) < 4.78 is 0. The van der Waals surface area contributed by atoms with E-state index in [1.165, 1.54) is 12.8 Å². The summed E-state index contributed by atoms with van der Waals surface area (Å²) in [6, 6.07) is 0.569. The van der Waals surface area contributed by atoms with Crippen molar-refractivity contribution in [3.05, 3.63) is 6.20 Å². The van der Waals surface area contributed by atoms with Gasteiger partial charge in [-0.3, -0.25) is 0 Å². The molecule has 18 heavy (non-hydrogen) atoms. The Balaban J connectivity index is 1.64. The summed E-state index contributed by atoms with van der Waals surface area (Å²) in [5, 5.41) is 11.4. The molecule has 6 heteroatoms. The zero-order valence-electron chi connectivity index (χ0n) is 10.8. The van der Waals surface area contributed by atoms with Gasteiger partial charge in [-0.25, -0.2) is 0 Å². The van der Waals surface area contributed by atoms with Crippen LogP contribution in [0, 0.1) is 0 Å². The van der Waals surface area contributed by atoms with Crippen LogP contribution in [0.25, 0.3) is 0 Å². The van der Waals surface area contributed by atoms with Crippen molar-refractivity contribution in [1.29, 1.82) is 0 Å². The molecule has 2 aliphatic rings. The van der Waals surface area contributed by atoms with Crippen molar-refractivity contribution in [3.63, 3.8) is 0 Å². The van der Waals surface area contributed by atoms with Crippen LogP contribution in [0.5, 0.6) is 0 Å². The van der Waals surface area contributed by atoms with Crippen LogP contribution in [0.15, 0.2) is 6.20 Å². The van der Waals surface area contributed by atoms with Crippen molar-refractivity contribution in [2.24, 2.45) is 0 Å². The van der Waals surface area contributed by atoms with Gasteiger partial charge in [-0.05, 0) is 19.4 Å². The molecule has 3 rings (SSSR count). The molecule has 0 spiro atoms. The van der Waals surface area contributed by atoms with Gasteiger partial charge in [-0.15, -0.1) is 5.10 Å². The summed E-state index contributed by atoms with van der Waals surface area (Å²) in [7, 11) is 0. The molecule has 1 aliphatic carbocycles. The van der Waals surface area contributed by atoms with Crippen molar-refractivity contribution in [3.8, 4) is 0 Å². The minimum atomic E-state index is 0.569. The van der Waals surface area contributed by atoms with E-state index in [4.69, 9.17) is 0 Å². The van der Waals surface area contributed by atoms with E-state index < -0.39 is 0 Å². The summed E-state index contributed by atoms with van der Waals surface area (Å²) in [6.07, 6.45) is 4.21. The van der Waals surface area contributed by atoms with Gasteiger partial charge in [0.1, 0.15) is 0 Å². The number of hydrogen-bond donors (Lipinski definition) is 1. The van der Waals surface area contributed by atoms with Crippen molar-refractivity contribution < 1.29 is 0 Å². The van der Waals surface area contributed by atoms with Crippen molar-refractivity contribution >= 4 is 11.8 Å². The van der Waals surface area contributed by atoms with Crippen LogP contribution < -0.4 is 10.2 Å². The molecule has 1 aliphatic heterocycles. The summed E-state index contributed by atoms with van der Waals surface area (Å²) in [5.74, 6) is 1.62. The van der Waals surface area contributed by atoms with Gasteiger partial charge in [-0.1, -0.05) is 6.92 Å². The Bertz CT molecular complexity index is 397. The zero-order chi connectivity index (χ0) is 12.4. The quantitative estimate of drug-likeness (QED) is 0.841. The average molecular weight is 248 g/mol. The molecule has 0 unspecified atom stereocenters. The summed E-state index contributed by atoms with van der Waals surface area (Å²) in [5.41, 5.74) is 0. The molecule has 1 saturated carbocycles. The highest BCUT2D eigenvalue weighted by atomic mass is 15.3. The molecule has 0 aromatic carbocycles. The van der Waals surface area contributed by atoms with Gasteiger partial charge >= 0.3 is 0 Å². The highest BCUT2D eigenvalue weighted by molar-refractivity contribution is 5.41. The summed E-state index contributed by atoms with van der Waals surface area (Å²) in [4.78, 5) is 9.29. The molecule has 1 aromatic rings. The van der Waals surface area contributed by atoms with E-state index in [0.29, 0.717) is 12.0 Å². The van der Waals surface area contributed by atoms with E-state index in [0.717, 1.165) is 38.5 Å². The second kappa shape index (κ2) is 5.06. The predicted molar refractivity (Wildman–Crippen MR) is 70.8 cm³/mol. The van der Waals surface area contributed by atoms with Crippen LogP contribution in [-0.4, -0.2) is 58.8 Å². The van der Waals surface area contributed by atoms with Crippen molar-refractivity contribution in [2.45, 2.75) is 25.8 Å². The molecule has 2 heterocycles. The van der Waals surface area contributed by atoms with Crippen LogP contribution in [0.4, 0.5) is 11.8 Å². The highest BCUT2D eigenvalue weighted by Crippen LogP contribution is 2.23. The number of nitrogens with zero attached hydrogens (tertiary/aromatic N) is 5. The molecule has 2 fully saturated rings. The third kappa shape index (κ3) is 2.69.